The first kappa shape index (κ1) is 14.6. The summed E-state index contributed by atoms with van der Waals surface area (Å²) in [7, 11) is 1.76. The molecule has 0 atom stereocenters. The van der Waals surface area contributed by atoms with Crippen LogP contribution in [0.15, 0.2) is 6.20 Å². The lowest BCUT2D eigenvalue weighted by Gasteiger charge is -2.15. The molecular weight excluding hydrogens is 252 g/mol. The Bertz CT molecular complexity index is 417. The number of rotatable bonds is 7. The van der Waals surface area contributed by atoms with E-state index in [9.17, 15) is 9.59 Å². The van der Waals surface area contributed by atoms with E-state index in [0.717, 1.165) is 9.88 Å². The van der Waals surface area contributed by atoms with E-state index in [1.807, 2.05) is 6.92 Å². The number of aromatic nitrogens is 1. The van der Waals surface area contributed by atoms with Gasteiger partial charge in [0.2, 0.25) is 5.91 Å². The lowest BCUT2D eigenvalue weighted by Crippen LogP contribution is -2.25. The number of unbranched alkanes of at least 4 members (excludes halogenated alkanes) is 1. The molecule has 1 aromatic heterocycles. The molecule has 5 nitrogen and oxygen atoms in total. The Morgan fingerprint density at radius 3 is 2.61 bits per heavy atom. The molecule has 6 heteroatoms. The number of carbonyl (C=O) groups excluding carboxylic acids is 1. The van der Waals surface area contributed by atoms with Crippen molar-refractivity contribution >= 4 is 23.2 Å². The van der Waals surface area contributed by atoms with Crippen molar-refractivity contribution in [3.63, 3.8) is 0 Å². The number of aliphatic carboxylic acids is 1. The molecule has 0 fully saturated rings. The van der Waals surface area contributed by atoms with Gasteiger partial charge in [-0.25, -0.2) is 4.98 Å². The summed E-state index contributed by atoms with van der Waals surface area (Å²) in [6.45, 7) is 2.51. The van der Waals surface area contributed by atoms with Gasteiger partial charge in [0.15, 0.2) is 0 Å². The fourth-order valence-corrected chi connectivity index (χ4v) is 2.39. The highest BCUT2D eigenvalue weighted by molar-refractivity contribution is 7.11. The summed E-state index contributed by atoms with van der Waals surface area (Å²) in [6.07, 6.45) is 3.49. The zero-order valence-electron chi connectivity index (χ0n) is 10.7. The van der Waals surface area contributed by atoms with Crippen LogP contribution in [0.3, 0.4) is 0 Å². The molecule has 1 heterocycles. The molecular formula is C12H18N2O3S. The van der Waals surface area contributed by atoms with Crippen molar-refractivity contribution in [3.05, 3.63) is 16.1 Å². The summed E-state index contributed by atoms with van der Waals surface area (Å²) in [5.74, 6) is -0.762. The van der Waals surface area contributed by atoms with E-state index in [4.69, 9.17) is 5.11 Å². The average molecular weight is 270 g/mol. The molecule has 1 rings (SSSR count). The Kier molecular flexibility index (Phi) is 5.77. The standard InChI is InChI=1S/C12H18N2O3S/c1-9-13-7-10(18-9)8-14(2)11(15)5-3-4-6-12(16)17/h7H,3-6,8H2,1-2H3,(H,16,17). The highest BCUT2D eigenvalue weighted by Crippen LogP contribution is 2.14. The molecule has 0 saturated heterocycles. The quantitative estimate of drug-likeness (QED) is 0.770. The Morgan fingerprint density at radius 2 is 2.06 bits per heavy atom. The van der Waals surface area contributed by atoms with Crippen molar-refractivity contribution < 1.29 is 14.7 Å². The number of hydrogen-bond donors (Lipinski definition) is 1. The molecule has 0 spiro atoms. The molecule has 0 aliphatic rings. The largest absolute Gasteiger partial charge is 0.481 e. The Labute approximate surface area is 110 Å². The average Bonchev–Trinajstić information content (AvgIpc) is 2.69. The fourth-order valence-electron chi connectivity index (χ4n) is 1.54. The van der Waals surface area contributed by atoms with Crippen molar-refractivity contribution in [2.24, 2.45) is 0 Å². The van der Waals surface area contributed by atoms with Crippen LogP contribution in [0.5, 0.6) is 0 Å². The normalized spacial score (nSPS) is 10.3. The highest BCUT2D eigenvalue weighted by Gasteiger charge is 2.10. The van der Waals surface area contributed by atoms with E-state index in [-0.39, 0.29) is 12.3 Å². The van der Waals surface area contributed by atoms with Crippen LogP contribution in [0.2, 0.25) is 0 Å². The molecule has 1 aromatic rings. The third-order valence-electron chi connectivity index (χ3n) is 2.52. The number of carboxylic acids is 1. The first-order chi connectivity index (χ1) is 8.49. The molecule has 0 aromatic carbocycles. The molecule has 0 radical (unpaired) electrons. The van der Waals surface area contributed by atoms with E-state index >= 15 is 0 Å². The van der Waals surface area contributed by atoms with Crippen LogP contribution in [0.1, 0.15) is 35.6 Å². The number of nitrogens with zero attached hydrogens (tertiary/aromatic N) is 2. The molecule has 1 amide bonds. The molecule has 100 valence electrons. The summed E-state index contributed by atoms with van der Waals surface area (Å²) in [5, 5.41) is 9.48. The van der Waals surface area contributed by atoms with E-state index in [1.165, 1.54) is 0 Å². The van der Waals surface area contributed by atoms with Crippen molar-refractivity contribution in [3.8, 4) is 0 Å². The molecule has 18 heavy (non-hydrogen) atoms. The maximum Gasteiger partial charge on any atom is 0.303 e. The third kappa shape index (κ3) is 5.27. The summed E-state index contributed by atoms with van der Waals surface area (Å²) >= 11 is 1.58. The molecule has 1 N–H and O–H groups in total. The summed E-state index contributed by atoms with van der Waals surface area (Å²) < 4.78 is 0. The van der Waals surface area contributed by atoms with E-state index in [1.54, 1.807) is 29.5 Å². The minimum Gasteiger partial charge on any atom is -0.481 e. The third-order valence-corrected chi connectivity index (χ3v) is 3.42. The van der Waals surface area contributed by atoms with E-state index < -0.39 is 5.97 Å². The second-order valence-electron chi connectivity index (χ2n) is 4.20. The van der Waals surface area contributed by atoms with Crippen LogP contribution in [0, 0.1) is 6.92 Å². The van der Waals surface area contributed by atoms with Gasteiger partial charge < -0.3 is 10.0 Å². The summed E-state index contributed by atoms with van der Waals surface area (Å²) in [4.78, 5) is 28.9. The van der Waals surface area contributed by atoms with Crippen molar-refractivity contribution in [1.82, 2.24) is 9.88 Å². The van der Waals surface area contributed by atoms with Crippen LogP contribution in [-0.2, 0) is 16.1 Å². The molecule has 0 unspecified atom stereocenters. The highest BCUT2D eigenvalue weighted by atomic mass is 32.1. The van der Waals surface area contributed by atoms with Gasteiger partial charge in [0.25, 0.3) is 0 Å². The van der Waals surface area contributed by atoms with Crippen LogP contribution >= 0.6 is 11.3 Å². The van der Waals surface area contributed by atoms with Crippen molar-refractivity contribution in [2.75, 3.05) is 7.05 Å². The minimum absolute atomic E-state index is 0.0476. The number of thiazole rings is 1. The fraction of sp³-hybridized carbons (Fsp3) is 0.583. The van der Waals surface area contributed by atoms with E-state index in [2.05, 4.69) is 4.98 Å². The first-order valence-electron chi connectivity index (χ1n) is 5.86. The second kappa shape index (κ2) is 7.10. The number of aryl methyl sites for hydroxylation is 1. The Balaban J connectivity index is 2.26. The zero-order chi connectivity index (χ0) is 13.5. The van der Waals surface area contributed by atoms with E-state index in [0.29, 0.717) is 25.8 Å². The number of carboxylic acid groups (broad SMARTS) is 1. The molecule has 0 aliphatic carbocycles. The SMILES string of the molecule is Cc1ncc(CN(C)C(=O)CCCCC(=O)O)s1. The summed E-state index contributed by atoms with van der Waals surface area (Å²) in [6, 6.07) is 0. The number of amides is 1. The van der Waals surface area contributed by atoms with Gasteiger partial charge in [-0.15, -0.1) is 11.3 Å². The molecule has 0 bridgehead atoms. The van der Waals surface area contributed by atoms with Gasteiger partial charge >= 0.3 is 5.97 Å². The zero-order valence-corrected chi connectivity index (χ0v) is 11.5. The lowest BCUT2D eigenvalue weighted by atomic mass is 10.2. The monoisotopic (exact) mass is 270 g/mol. The topological polar surface area (TPSA) is 70.5 Å². The smallest absolute Gasteiger partial charge is 0.303 e. The predicted octanol–water partition coefficient (Wildman–Crippen LogP) is 2.05. The maximum absolute atomic E-state index is 11.8. The lowest BCUT2D eigenvalue weighted by molar-refractivity contribution is -0.137. The van der Waals surface area contributed by atoms with Gasteiger partial charge in [0.1, 0.15) is 0 Å². The number of hydrogen-bond acceptors (Lipinski definition) is 4. The van der Waals surface area contributed by atoms with Gasteiger partial charge in [0.05, 0.1) is 11.6 Å². The van der Waals surface area contributed by atoms with Gasteiger partial charge in [-0.2, -0.15) is 0 Å². The summed E-state index contributed by atoms with van der Waals surface area (Å²) in [5.41, 5.74) is 0. The molecule has 0 saturated carbocycles. The Morgan fingerprint density at radius 1 is 1.39 bits per heavy atom. The van der Waals surface area contributed by atoms with Gasteiger partial charge in [-0.3, -0.25) is 9.59 Å². The van der Waals surface area contributed by atoms with Gasteiger partial charge in [-0.1, -0.05) is 0 Å². The van der Waals surface area contributed by atoms with Crippen LogP contribution < -0.4 is 0 Å². The van der Waals surface area contributed by atoms with Crippen molar-refractivity contribution in [2.45, 2.75) is 39.2 Å². The van der Waals surface area contributed by atoms with Gasteiger partial charge in [-0.05, 0) is 19.8 Å². The van der Waals surface area contributed by atoms with Crippen LogP contribution in [0.25, 0.3) is 0 Å². The Hall–Kier alpha value is -1.43. The number of carbonyl (C=O) groups is 2. The minimum atomic E-state index is -0.809. The first-order valence-corrected chi connectivity index (χ1v) is 6.67. The molecule has 0 aliphatic heterocycles. The maximum atomic E-state index is 11.8. The predicted molar refractivity (Wildman–Crippen MR) is 69.4 cm³/mol. The van der Waals surface area contributed by atoms with Crippen molar-refractivity contribution in [1.29, 1.82) is 0 Å². The van der Waals surface area contributed by atoms with Crippen LogP contribution in [0.4, 0.5) is 0 Å². The van der Waals surface area contributed by atoms with Crippen LogP contribution in [-0.4, -0.2) is 33.9 Å². The van der Waals surface area contributed by atoms with Gasteiger partial charge in [0, 0.05) is 31.0 Å². The second-order valence-corrected chi connectivity index (χ2v) is 5.52.